The molecule has 1 aliphatic carbocycles. The van der Waals surface area contributed by atoms with E-state index in [9.17, 15) is 14.7 Å². The van der Waals surface area contributed by atoms with Gasteiger partial charge in [0.25, 0.3) is 5.91 Å². The van der Waals surface area contributed by atoms with Crippen LogP contribution in [0, 0.1) is 11.3 Å². The van der Waals surface area contributed by atoms with Gasteiger partial charge in [-0.05, 0) is 43.5 Å². The van der Waals surface area contributed by atoms with Gasteiger partial charge in [-0.15, -0.1) is 0 Å². The molecule has 8 heteroatoms. The van der Waals surface area contributed by atoms with Gasteiger partial charge in [0.1, 0.15) is 0 Å². The average molecular weight is 354 g/mol. The van der Waals surface area contributed by atoms with E-state index in [-0.39, 0.29) is 6.42 Å². The molecule has 2 amide bonds. The number of nitrogens with zero attached hydrogens (tertiary/aromatic N) is 2. The van der Waals surface area contributed by atoms with E-state index in [1.54, 1.807) is 24.3 Å². The first-order valence-corrected chi connectivity index (χ1v) is 8.26. The number of aliphatic hydroxyl groups is 1. The molecular weight excluding hydrogens is 336 g/mol. The highest BCUT2D eigenvalue weighted by Crippen LogP contribution is 2.31. The standard InChI is InChI=1S/C18H18N4O4/c19-10-11-4-5-13-12(9-11)14(6-8-20-13)21-16(23)18(26)7-2-1-3-15(18)22-17(24)25/h4-6,8-9,15,22,26H,1-3,7H2,(H,24,25)(H,20,21,23). The molecule has 1 aromatic carbocycles. The predicted molar refractivity (Wildman–Crippen MR) is 93.5 cm³/mol. The third kappa shape index (κ3) is 3.30. The second-order valence-corrected chi connectivity index (χ2v) is 6.33. The van der Waals surface area contributed by atoms with Crippen LogP contribution in [0.4, 0.5) is 10.5 Å². The quantitative estimate of drug-likeness (QED) is 0.665. The van der Waals surface area contributed by atoms with Crippen LogP contribution in [0.15, 0.2) is 30.5 Å². The molecule has 0 radical (unpaired) electrons. The highest BCUT2D eigenvalue weighted by atomic mass is 16.4. The van der Waals surface area contributed by atoms with Crippen LogP contribution in [-0.2, 0) is 4.79 Å². The number of nitriles is 1. The van der Waals surface area contributed by atoms with Crippen LogP contribution in [0.5, 0.6) is 0 Å². The minimum absolute atomic E-state index is 0.163. The van der Waals surface area contributed by atoms with E-state index in [1.165, 1.54) is 6.20 Å². The monoisotopic (exact) mass is 354 g/mol. The summed E-state index contributed by atoms with van der Waals surface area (Å²) in [4.78, 5) is 28.0. The Morgan fingerprint density at radius 1 is 1.31 bits per heavy atom. The highest BCUT2D eigenvalue weighted by Gasteiger charge is 2.46. The minimum atomic E-state index is -1.83. The molecule has 0 saturated heterocycles. The molecule has 1 fully saturated rings. The van der Waals surface area contributed by atoms with Crippen LogP contribution in [0.3, 0.4) is 0 Å². The van der Waals surface area contributed by atoms with Gasteiger partial charge in [-0.1, -0.05) is 6.42 Å². The summed E-state index contributed by atoms with van der Waals surface area (Å²) < 4.78 is 0. The fourth-order valence-electron chi connectivity index (χ4n) is 3.32. The van der Waals surface area contributed by atoms with Crippen molar-refractivity contribution in [2.75, 3.05) is 5.32 Å². The molecule has 1 aliphatic rings. The lowest BCUT2D eigenvalue weighted by Gasteiger charge is -2.38. The molecule has 1 aromatic heterocycles. The number of rotatable bonds is 3. The summed E-state index contributed by atoms with van der Waals surface area (Å²) in [5, 5.41) is 34.4. The lowest BCUT2D eigenvalue weighted by molar-refractivity contribution is -0.140. The Morgan fingerprint density at radius 3 is 2.85 bits per heavy atom. The Morgan fingerprint density at radius 2 is 2.12 bits per heavy atom. The van der Waals surface area contributed by atoms with Crippen LogP contribution in [0.2, 0.25) is 0 Å². The van der Waals surface area contributed by atoms with Crippen molar-refractivity contribution in [2.24, 2.45) is 0 Å². The van der Waals surface area contributed by atoms with E-state index >= 15 is 0 Å². The first-order valence-electron chi connectivity index (χ1n) is 8.26. The van der Waals surface area contributed by atoms with Gasteiger partial charge in [-0.25, -0.2) is 4.79 Å². The van der Waals surface area contributed by atoms with Crippen LogP contribution < -0.4 is 10.6 Å². The Bertz CT molecular complexity index is 908. The van der Waals surface area contributed by atoms with Crippen LogP contribution in [-0.4, -0.2) is 38.8 Å². The summed E-state index contributed by atoms with van der Waals surface area (Å²) >= 11 is 0. The van der Waals surface area contributed by atoms with Crippen molar-refractivity contribution in [1.29, 1.82) is 5.26 Å². The van der Waals surface area contributed by atoms with Crippen molar-refractivity contribution in [3.8, 4) is 6.07 Å². The van der Waals surface area contributed by atoms with Gasteiger partial charge in [0.15, 0.2) is 5.60 Å². The maximum Gasteiger partial charge on any atom is 0.404 e. The number of benzene rings is 1. The summed E-state index contributed by atoms with van der Waals surface area (Å²) in [6.45, 7) is 0. The maximum absolute atomic E-state index is 12.8. The molecule has 2 aromatic rings. The molecule has 3 rings (SSSR count). The zero-order valence-corrected chi connectivity index (χ0v) is 13.9. The highest BCUT2D eigenvalue weighted by molar-refractivity contribution is 6.04. The number of hydrogen-bond donors (Lipinski definition) is 4. The fourth-order valence-corrected chi connectivity index (χ4v) is 3.32. The molecule has 0 bridgehead atoms. The number of nitrogens with one attached hydrogen (secondary N) is 2. The number of carboxylic acid groups (broad SMARTS) is 1. The van der Waals surface area contributed by atoms with Crippen molar-refractivity contribution in [3.63, 3.8) is 0 Å². The minimum Gasteiger partial charge on any atom is -0.465 e. The molecular formula is C18H18N4O4. The van der Waals surface area contributed by atoms with Gasteiger partial charge in [0.05, 0.1) is 28.9 Å². The topological polar surface area (TPSA) is 135 Å². The van der Waals surface area contributed by atoms with E-state index in [0.717, 1.165) is 6.42 Å². The number of carbonyl (C=O) groups is 2. The lowest BCUT2D eigenvalue weighted by Crippen LogP contribution is -2.60. The second kappa shape index (κ2) is 6.98. The maximum atomic E-state index is 12.8. The summed E-state index contributed by atoms with van der Waals surface area (Å²) in [5.41, 5.74) is -0.412. The van der Waals surface area contributed by atoms with Gasteiger partial charge >= 0.3 is 6.09 Å². The average Bonchev–Trinajstić information content (AvgIpc) is 2.63. The summed E-state index contributed by atoms with van der Waals surface area (Å²) in [6, 6.07) is 7.64. The largest absolute Gasteiger partial charge is 0.465 e. The molecule has 2 unspecified atom stereocenters. The SMILES string of the molecule is N#Cc1ccc2nccc(NC(=O)C3(O)CCCCC3NC(=O)O)c2c1. The number of anilines is 1. The smallest absolute Gasteiger partial charge is 0.404 e. The van der Waals surface area contributed by atoms with Gasteiger partial charge < -0.3 is 20.8 Å². The Hall–Kier alpha value is -3.18. The van der Waals surface area contributed by atoms with Crippen molar-refractivity contribution in [2.45, 2.75) is 37.3 Å². The summed E-state index contributed by atoms with van der Waals surface area (Å²) in [7, 11) is 0. The number of hydrogen-bond acceptors (Lipinski definition) is 5. The predicted octanol–water partition coefficient (Wildman–Crippen LogP) is 1.99. The molecule has 0 spiro atoms. The van der Waals surface area contributed by atoms with Gasteiger partial charge in [-0.2, -0.15) is 5.26 Å². The molecule has 0 aliphatic heterocycles. The van der Waals surface area contributed by atoms with Crippen molar-refractivity contribution in [1.82, 2.24) is 10.3 Å². The zero-order chi connectivity index (χ0) is 18.7. The third-order valence-electron chi connectivity index (χ3n) is 4.69. The molecule has 134 valence electrons. The molecule has 8 nitrogen and oxygen atoms in total. The molecule has 26 heavy (non-hydrogen) atoms. The normalized spacial score (nSPS) is 22.4. The van der Waals surface area contributed by atoms with Gasteiger partial charge in [0, 0.05) is 11.6 Å². The van der Waals surface area contributed by atoms with E-state index in [4.69, 9.17) is 10.4 Å². The number of carbonyl (C=O) groups excluding carboxylic acids is 1. The van der Waals surface area contributed by atoms with Crippen LogP contribution in [0.25, 0.3) is 10.9 Å². The van der Waals surface area contributed by atoms with E-state index in [0.29, 0.717) is 35.0 Å². The Balaban J connectivity index is 1.92. The van der Waals surface area contributed by atoms with Crippen molar-refractivity contribution >= 4 is 28.6 Å². The van der Waals surface area contributed by atoms with Crippen molar-refractivity contribution < 1.29 is 19.8 Å². The zero-order valence-electron chi connectivity index (χ0n) is 13.9. The number of aromatic nitrogens is 1. The summed E-state index contributed by atoms with van der Waals surface area (Å²) in [5.74, 6) is -0.675. The number of fused-ring (bicyclic) bond motifs is 1. The van der Waals surface area contributed by atoms with Gasteiger partial charge in [-0.3, -0.25) is 9.78 Å². The van der Waals surface area contributed by atoms with Crippen LogP contribution >= 0.6 is 0 Å². The van der Waals surface area contributed by atoms with Crippen LogP contribution in [0.1, 0.15) is 31.2 Å². The first-order chi connectivity index (χ1) is 12.4. The summed E-state index contributed by atoms with van der Waals surface area (Å²) in [6.07, 6.45) is 2.13. The lowest BCUT2D eigenvalue weighted by atomic mass is 9.79. The Labute approximate surface area is 149 Å². The molecule has 1 heterocycles. The van der Waals surface area contributed by atoms with E-state index in [2.05, 4.69) is 15.6 Å². The molecule has 4 N–H and O–H groups in total. The molecule has 2 atom stereocenters. The number of amides is 2. The first kappa shape index (κ1) is 17.6. The second-order valence-electron chi connectivity index (χ2n) is 6.33. The van der Waals surface area contributed by atoms with Crippen molar-refractivity contribution in [3.05, 3.63) is 36.0 Å². The third-order valence-corrected chi connectivity index (χ3v) is 4.69. The van der Waals surface area contributed by atoms with E-state index in [1.807, 2.05) is 6.07 Å². The molecule has 1 saturated carbocycles. The Kier molecular flexibility index (Phi) is 4.73. The fraction of sp³-hybridized carbons (Fsp3) is 0.333. The van der Waals surface area contributed by atoms with Gasteiger partial charge in [0.2, 0.25) is 0 Å². The van der Waals surface area contributed by atoms with E-state index < -0.39 is 23.6 Å². The number of pyridine rings is 1.